The van der Waals surface area contributed by atoms with Gasteiger partial charge in [0.25, 0.3) is 5.91 Å². The summed E-state index contributed by atoms with van der Waals surface area (Å²) >= 11 is 6.03. The predicted molar refractivity (Wildman–Crippen MR) is 82.5 cm³/mol. The normalized spacial score (nSPS) is 13.8. The van der Waals surface area contributed by atoms with Crippen molar-refractivity contribution >= 4 is 17.5 Å². The number of nitrogens with zero attached hydrogens (tertiary/aromatic N) is 2. The number of ether oxygens (including phenoxy) is 2. The summed E-state index contributed by atoms with van der Waals surface area (Å²) in [7, 11) is 1.52. The number of hydrogen-bond acceptors (Lipinski definition) is 4. The van der Waals surface area contributed by atoms with Crippen LogP contribution in [-0.2, 0) is 6.54 Å². The third kappa shape index (κ3) is 2.99. The lowest BCUT2D eigenvalue weighted by molar-refractivity contribution is 0.0732. The van der Waals surface area contributed by atoms with Crippen molar-refractivity contribution < 1.29 is 14.3 Å². The maximum atomic E-state index is 12.7. The first-order valence-corrected chi connectivity index (χ1v) is 7.26. The number of halogens is 1. The molecule has 3 rings (SSSR count). The van der Waals surface area contributed by atoms with Gasteiger partial charge in [-0.3, -0.25) is 4.79 Å². The summed E-state index contributed by atoms with van der Waals surface area (Å²) in [6.45, 7) is 1.41. The zero-order valence-corrected chi connectivity index (χ0v) is 12.8. The van der Waals surface area contributed by atoms with Crippen LogP contribution in [0.4, 0.5) is 0 Å². The Balaban J connectivity index is 1.86. The van der Waals surface area contributed by atoms with E-state index in [0.717, 1.165) is 11.3 Å². The standard InChI is InChI=1S/C16H15ClN2O3/c1-21-15-9-11(4-5-18-15)16(20)19-6-7-22-14-3-2-13(17)8-12(14)10-19/h2-5,8-9H,6-7,10H2,1H3. The van der Waals surface area contributed by atoms with Gasteiger partial charge in [0, 0.05) is 35.0 Å². The van der Waals surface area contributed by atoms with E-state index in [-0.39, 0.29) is 5.91 Å². The fraction of sp³-hybridized carbons (Fsp3) is 0.250. The maximum Gasteiger partial charge on any atom is 0.254 e. The molecule has 22 heavy (non-hydrogen) atoms. The van der Waals surface area contributed by atoms with Crippen LogP contribution < -0.4 is 9.47 Å². The van der Waals surface area contributed by atoms with E-state index in [2.05, 4.69) is 4.98 Å². The summed E-state index contributed by atoms with van der Waals surface area (Å²) in [5.74, 6) is 1.10. The van der Waals surface area contributed by atoms with Crippen molar-refractivity contribution in [3.05, 3.63) is 52.7 Å². The molecule has 1 aromatic heterocycles. The van der Waals surface area contributed by atoms with Gasteiger partial charge in [0.1, 0.15) is 12.4 Å². The average molecular weight is 319 g/mol. The van der Waals surface area contributed by atoms with E-state index in [1.807, 2.05) is 12.1 Å². The summed E-state index contributed by atoms with van der Waals surface area (Å²) in [6.07, 6.45) is 1.56. The summed E-state index contributed by atoms with van der Waals surface area (Å²) in [6, 6.07) is 8.75. The summed E-state index contributed by atoms with van der Waals surface area (Å²) < 4.78 is 10.7. The lowest BCUT2D eigenvalue weighted by Gasteiger charge is -2.20. The van der Waals surface area contributed by atoms with Crippen molar-refractivity contribution in [3.8, 4) is 11.6 Å². The lowest BCUT2D eigenvalue weighted by Crippen LogP contribution is -2.32. The van der Waals surface area contributed by atoms with Crippen LogP contribution in [0.5, 0.6) is 11.6 Å². The molecule has 1 aliphatic heterocycles. The van der Waals surface area contributed by atoms with E-state index in [1.165, 1.54) is 7.11 Å². The number of aromatic nitrogens is 1. The van der Waals surface area contributed by atoms with E-state index >= 15 is 0 Å². The number of methoxy groups -OCH3 is 1. The van der Waals surface area contributed by atoms with Crippen molar-refractivity contribution in [1.29, 1.82) is 0 Å². The SMILES string of the molecule is COc1cc(C(=O)N2CCOc3ccc(Cl)cc3C2)ccn1. The molecule has 5 nitrogen and oxygen atoms in total. The lowest BCUT2D eigenvalue weighted by atomic mass is 10.1. The number of fused-ring (bicyclic) bond motifs is 1. The van der Waals surface area contributed by atoms with Crippen LogP contribution in [0.25, 0.3) is 0 Å². The van der Waals surface area contributed by atoms with Gasteiger partial charge < -0.3 is 14.4 Å². The second-order valence-corrected chi connectivity index (χ2v) is 5.35. The van der Waals surface area contributed by atoms with Crippen molar-refractivity contribution in [2.24, 2.45) is 0 Å². The fourth-order valence-electron chi connectivity index (χ4n) is 2.37. The Kier molecular flexibility index (Phi) is 4.15. The fourth-order valence-corrected chi connectivity index (χ4v) is 2.57. The molecule has 0 saturated heterocycles. The highest BCUT2D eigenvalue weighted by Gasteiger charge is 2.21. The Hall–Kier alpha value is -2.27. The van der Waals surface area contributed by atoms with Gasteiger partial charge in [-0.25, -0.2) is 4.98 Å². The molecule has 1 aliphatic rings. The van der Waals surface area contributed by atoms with Gasteiger partial charge in [-0.2, -0.15) is 0 Å². The third-order valence-corrected chi connectivity index (χ3v) is 3.72. The molecule has 1 amide bonds. The number of hydrogen-bond donors (Lipinski definition) is 0. The quantitative estimate of drug-likeness (QED) is 0.854. The van der Waals surface area contributed by atoms with E-state index in [4.69, 9.17) is 21.1 Å². The molecule has 0 radical (unpaired) electrons. The Morgan fingerprint density at radius 1 is 1.36 bits per heavy atom. The number of carbonyl (C=O) groups excluding carboxylic acids is 1. The minimum absolute atomic E-state index is 0.0860. The van der Waals surface area contributed by atoms with Gasteiger partial charge in [0.15, 0.2) is 0 Å². The highest BCUT2D eigenvalue weighted by molar-refractivity contribution is 6.30. The van der Waals surface area contributed by atoms with E-state index in [1.54, 1.807) is 29.3 Å². The molecule has 0 bridgehead atoms. The zero-order chi connectivity index (χ0) is 15.5. The zero-order valence-electron chi connectivity index (χ0n) is 12.1. The number of pyridine rings is 1. The molecule has 2 aromatic rings. The molecule has 0 saturated carbocycles. The number of benzene rings is 1. The van der Waals surface area contributed by atoms with Gasteiger partial charge in [-0.1, -0.05) is 11.6 Å². The topological polar surface area (TPSA) is 51.7 Å². The number of amides is 1. The molecule has 2 heterocycles. The van der Waals surface area contributed by atoms with Crippen LogP contribution in [0, 0.1) is 0 Å². The molecule has 0 spiro atoms. The van der Waals surface area contributed by atoms with Crippen LogP contribution in [0.3, 0.4) is 0 Å². The van der Waals surface area contributed by atoms with Crippen molar-refractivity contribution in [1.82, 2.24) is 9.88 Å². The van der Waals surface area contributed by atoms with E-state index in [9.17, 15) is 4.79 Å². The second-order valence-electron chi connectivity index (χ2n) is 4.91. The summed E-state index contributed by atoms with van der Waals surface area (Å²) in [5, 5.41) is 0.627. The molecule has 0 N–H and O–H groups in total. The van der Waals surface area contributed by atoms with Crippen molar-refractivity contribution in [3.63, 3.8) is 0 Å². The Bertz CT molecular complexity index is 706. The predicted octanol–water partition coefficient (Wildman–Crippen LogP) is 2.78. The van der Waals surface area contributed by atoms with Gasteiger partial charge >= 0.3 is 0 Å². The molecule has 114 valence electrons. The highest BCUT2D eigenvalue weighted by atomic mass is 35.5. The summed E-state index contributed by atoms with van der Waals surface area (Å²) in [4.78, 5) is 18.4. The van der Waals surface area contributed by atoms with Crippen LogP contribution >= 0.6 is 11.6 Å². The minimum atomic E-state index is -0.0860. The smallest absolute Gasteiger partial charge is 0.254 e. The monoisotopic (exact) mass is 318 g/mol. The van der Waals surface area contributed by atoms with Crippen LogP contribution in [0.15, 0.2) is 36.5 Å². The molecule has 0 aliphatic carbocycles. The molecule has 0 atom stereocenters. The van der Waals surface area contributed by atoms with Crippen LogP contribution in [0.2, 0.25) is 5.02 Å². The maximum absolute atomic E-state index is 12.7. The largest absolute Gasteiger partial charge is 0.491 e. The van der Waals surface area contributed by atoms with Gasteiger partial charge in [0.05, 0.1) is 13.7 Å². The average Bonchev–Trinajstić information content (AvgIpc) is 2.76. The first-order valence-electron chi connectivity index (χ1n) is 6.88. The van der Waals surface area contributed by atoms with E-state index in [0.29, 0.717) is 36.2 Å². The molecule has 6 heteroatoms. The first kappa shape index (κ1) is 14.7. The Morgan fingerprint density at radius 2 is 2.23 bits per heavy atom. The molecular weight excluding hydrogens is 304 g/mol. The Labute approximate surface area is 133 Å². The van der Waals surface area contributed by atoms with Crippen LogP contribution in [0.1, 0.15) is 15.9 Å². The molecule has 1 aromatic carbocycles. The molecular formula is C16H15ClN2O3. The molecule has 0 unspecified atom stereocenters. The van der Waals surface area contributed by atoms with Crippen molar-refractivity contribution in [2.45, 2.75) is 6.54 Å². The minimum Gasteiger partial charge on any atom is -0.491 e. The number of carbonyl (C=O) groups is 1. The van der Waals surface area contributed by atoms with Crippen molar-refractivity contribution in [2.75, 3.05) is 20.3 Å². The first-order chi connectivity index (χ1) is 10.7. The van der Waals surface area contributed by atoms with Crippen LogP contribution in [-0.4, -0.2) is 36.1 Å². The van der Waals surface area contributed by atoms with Gasteiger partial charge in [-0.15, -0.1) is 0 Å². The Morgan fingerprint density at radius 3 is 3.05 bits per heavy atom. The van der Waals surface area contributed by atoms with Gasteiger partial charge in [0.2, 0.25) is 5.88 Å². The highest BCUT2D eigenvalue weighted by Crippen LogP contribution is 2.27. The molecule has 0 fully saturated rings. The third-order valence-electron chi connectivity index (χ3n) is 3.48. The second kappa shape index (κ2) is 6.23. The number of rotatable bonds is 2. The van der Waals surface area contributed by atoms with E-state index < -0.39 is 0 Å². The summed E-state index contributed by atoms with van der Waals surface area (Å²) in [5.41, 5.74) is 1.44. The van der Waals surface area contributed by atoms with Gasteiger partial charge in [-0.05, 0) is 24.3 Å².